The fourth-order valence-corrected chi connectivity index (χ4v) is 1.92. The average Bonchev–Trinajstić information content (AvgIpc) is 2.12. The Balaban J connectivity index is 2.12. The highest BCUT2D eigenvalue weighted by atomic mass is 14.9. The molecule has 0 spiro atoms. The van der Waals surface area contributed by atoms with E-state index in [1.54, 1.807) is 6.33 Å². The van der Waals surface area contributed by atoms with E-state index in [9.17, 15) is 0 Å². The molecule has 1 aromatic heterocycles. The fraction of sp³-hybridized carbons (Fsp3) is 0.600. The van der Waals surface area contributed by atoms with E-state index in [1.807, 2.05) is 19.4 Å². The van der Waals surface area contributed by atoms with Crippen LogP contribution in [0.4, 0.5) is 0 Å². The van der Waals surface area contributed by atoms with Crippen LogP contribution in [0.1, 0.15) is 30.9 Å². The third kappa shape index (κ3) is 1.70. The maximum Gasteiger partial charge on any atom is 0.115 e. The highest BCUT2D eigenvalue weighted by Crippen LogP contribution is 2.36. The van der Waals surface area contributed by atoms with Crippen molar-refractivity contribution in [1.82, 2.24) is 15.3 Å². The number of rotatable bonds is 3. The molecule has 13 heavy (non-hydrogen) atoms. The Bertz CT molecular complexity index is 256. The van der Waals surface area contributed by atoms with Gasteiger partial charge in [-0.1, -0.05) is 6.42 Å². The van der Waals surface area contributed by atoms with Crippen LogP contribution in [0.5, 0.6) is 0 Å². The lowest BCUT2D eigenvalue weighted by Crippen LogP contribution is -2.29. The van der Waals surface area contributed by atoms with E-state index >= 15 is 0 Å². The van der Waals surface area contributed by atoms with Crippen LogP contribution < -0.4 is 5.32 Å². The van der Waals surface area contributed by atoms with Crippen LogP contribution in [0.15, 0.2) is 18.7 Å². The Morgan fingerprint density at radius 3 is 2.54 bits per heavy atom. The SMILES string of the molecule is CNC(c1cncnc1)C1CCC1. The molecule has 3 heteroatoms. The Labute approximate surface area is 78.6 Å². The van der Waals surface area contributed by atoms with E-state index in [1.165, 1.54) is 24.8 Å². The molecule has 1 unspecified atom stereocenters. The molecule has 1 aromatic rings. The number of nitrogens with zero attached hydrogens (tertiary/aromatic N) is 2. The molecule has 1 saturated carbocycles. The second-order valence-electron chi connectivity index (χ2n) is 3.63. The van der Waals surface area contributed by atoms with E-state index in [0.717, 1.165) is 5.92 Å². The first-order valence-electron chi connectivity index (χ1n) is 4.84. The van der Waals surface area contributed by atoms with Crippen molar-refractivity contribution in [3.8, 4) is 0 Å². The summed E-state index contributed by atoms with van der Waals surface area (Å²) in [4.78, 5) is 8.09. The van der Waals surface area contributed by atoms with Crippen molar-refractivity contribution in [2.45, 2.75) is 25.3 Å². The average molecular weight is 177 g/mol. The quantitative estimate of drug-likeness (QED) is 0.761. The third-order valence-electron chi connectivity index (χ3n) is 2.87. The van der Waals surface area contributed by atoms with Crippen LogP contribution >= 0.6 is 0 Å². The van der Waals surface area contributed by atoms with Gasteiger partial charge in [0.2, 0.25) is 0 Å². The lowest BCUT2D eigenvalue weighted by molar-refractivity contribution is 0.239. The maximum absolute atomic E-state index is 4.04. The van der Waals surface area contributed by atoms with Crippen LogP contribution in [-0.4, -0.2) is 17.0 Å². The van der Waals surface area contributed by atoms with Crippen LogP contribution in [0.2, 0.25) is 0 Å². The lowest BCUT2D eigenvalue weighted by atomic mass is 9.78. The predicted octanol–water partition coefficient (Wildman–Crippen LogP) is 1.54. The summed E-state index contributed by atoms with van der Waals surface area (Å²) in [6.07, 6.45) is 9.44. The van der Waals surface area contributed by atoms with Gasteiger partial charge in [0.15, 0.2) is 0 Å². The summed E-state index contributed by atoms with van der Waals surface area (Å²) < 4.78 is 0. The molecule has 1 N–H and O–H groups in total. The smallest absolute Gasteiger partial charge is 0.115 e. The third-order valence-corrected chi connectivity index (χ3v) is 2.87. The summed E-state index contributed by atoms with van der Waals surface area (Å²) in [5.41, 5.74) is 1.22. The molecular formula is C10H15N3. The Hall–Kier alpha value is -0.960. The monoisotopic (exact) mass is 177 g/mol. The van der Waals surface area contributed by atoms with Crippen molar-refractivity contribution < 1.29 is 0 Å². The van der Waals surface area contributed by atoms with Crippen LogP contribution in [0.25, 0.3) is 0 Å². The predicted molar refractivity (Wildman–Crippen MR) is 51.2 cm³/mol. The van der Waals surface area contributed by atoms with Gasteiger partial charge in [-0.05, 0) is 25.8 Å². The molecule has 0 amide bonds. The normalized spacial score (nSPS) is 19.5. The molecule has 1 fully saturated rings. The van der Waals surface area contributed by atoms with E-state index in [2.05, 4.69) is 15.3 Å². The molecule has 0 radical (unpaired) electrons. The minimum atomic E-state index is 0.454. The summed E-state index contributed by atoms with van der Waals surface area (Å²) in [5.74, 6) is 0.788. The van der Waals surface area contributed by atoms with Crippen molar-refractivity contribution >= 4 is 0 Å². The van der Waals surface area contributed by atoms with Gasteiger partial charge in [-0.3, -0.25) is 0 Å². The fourth-order valence-electron chi connectivity index (χ4n) is 1.92. The van der Waals surface area contributed by atoms with E-state index in [0.29, 0.717) is 6.04 Å². The maximum atomic E-state index is 4.04. The van der Waals surface area contributed by atoms with Gasteiger partial charge in [0.1, 0.15) is 6.33 Å². The summed E-state index contributed by atoms with van der Waals surface area (Å²) in [6.45, 7) is 0. The van der Waals surface area contributed by atoms with Gasteiger partial charge in [-0.25, -0.2) is 9.97 Å². The molecule has 0 aromatic carbocycles. The largest absolute Gasteiger partial charge is 0.313 e. The molecule has 0 bridgehead atoms. The first kappa shape index (κ1) is 8.63. The highest BCUT2D eigenvalue weighted by molar-refractivity contribution is 5.11. The first-order valence-corrected chi connectivity index (χ1v) is 4.84. The summed E-state index contributed by atoms with van der Waals surface area (Å²) in [6, 6.07) is 0.454. The molecule has 3 nitrogen and oxygen atoms in total. The number of hydrogen-bond acceptors (Lipinski definition) is 3. The van der Waals surface area contributed by atoms with Gasteiger partial charge >= 0.3 is 0 Å². The van der Waals surface area contributed by atoms with Crippen molar-refractivity contribution in [3.63, 3.8) is 0 Å². The first-order chi connectivity index (χ1) is 6.42. The van der Waals surface area contributed by atoms with Crippen LogP contribution in [0.3, 0.4) is 0 Å². The molecule has 1 heterocycles. The molecule has 2 rings (SSSR count). The van der Waals surface area contributed by atoms with Crippen molar-refractivity contribution in [2.75, 3.05) is 7.05 Å². The van der Waals surface area contributed by atoms with Crippen molar-refractivity contribution in [3.05, 3.63) is 24.3 Å². The van der Waals surface area contributed by atoms with Crippen molar-refractivity contribution in [2.24, 2.45) is 5.92 Å². The van der Waals surface area contributed by atoms with Gasteiger partial charge in [-0.15, -0.1) is 0 Å². The van der Waals surface area contributed by atoms with E-state index in [-0.39, 0.29) is 0 Å². The van der Waals surface area contributed by atoms with Gasteiger partial charge in [0.25, 0.3) is 0 Å². The molecule has 1 atom stereocenters. The zero-order valence-corrected chi connectivity index (χ0v) is 7.90. The minimum Gasteiger partial charge on any atom is -0.313 e. The van der Waals surface area contributed by atoms with Gasteiger partial charge < -0.3 is 5.32 Å². The lowest BCUT2D eigenvalue weighted by Gasteiger charge is -2.33. The number of nitrogens with one attached hydrogen (secondary N) is 1. The van der Waals surface area contributed by atoms with Gasteiger partial charge in [0, 0.05) is 24.0 Å². The molecule has 70 valence electrons. The standard InChI is InChI=1S/C10H15N3/c1-11-10(8-3-2-4-8)9-5-12-7-13-6-9/h5-8,10-11H,2-4H2,1H3. The Morgan fingerprint density at radius 1 is 1.38 bits per heavy atom. The second-order valence-corrected chi connectivity index (χ2v) is 3.63. The number of aromatic nitrogens is 2. The molecule has 1 aliphatic rings. The second kappa shape index (κ2) is 3.83. The molecule has 0 saturated heterocycles. The highest BCUT2D eigenvalue weighted by Gasteiger charge is 2.27. The minimum absolute atomic E-state index is 0.454. The van der Waals surface area contributed by atoms with Crippen LogP contribution in [-0.2, 0) is 0 Å². The number of hydrogen-bond donors (Lipinski definition) is 1. The molecule has 0 aliphatic heterocycles. The zero-order valence-electron chi connectivity index (χ0n) is 7.90. The van der Waals surface area contributed by atoms with E-state index in [4.69, 9.17) is 0 Å². The summed E-state index contributed by atoms with van der Waals surface area (Å²) >= 11 is 0. The molecule has 1 aliphatic carbocycles. The van der Waals surface area contributed by atoms with Crippen molar-refractivity contribution in [1.29, 1.82) is 0 Å². The Morgan fingerprint density at radius 2 is 2.08 bits per heavy atom. The summed E-state index contributed by atoms with van der Waals surface area (Å²) in [5, 5.41) is 3.34. The van der Waals surface area contributed by atoms with Crippen LogP contribution in [0, 0.1) is 5.92 Å². The zero-order chi connectivity index (χ0) is 9.10. The molecular weight excluding hydrogens is 162 g/mol. The Kier molecular flexibility index (Phi) is 2.54. The summed E-state index contributed by atoms with van der Waals surface area (Å²) in [7, 11) is 2.01. The topological polar surface area (TPSA) is 37.8 Å². The van der Waals surface area contributed by atoms with Gasteiger partial charge in [0.05, 0.1) is 0 Å². The van der Waals surface area contributed by atoms with E-state index < -0.39 is 0 Å². The van der Waals surface area contributed by atoms with Gasteiger partial charge in [-0.2, -0.15) is 0 Å².